The number of anilines is 1. The third-order valence-corrected chi connectivity index (χ3v) is 2.86. The van der Waals surface area contributed by atoms with Crippen LogP contribution in [0.1, 0.15) is 39.2 Å². The Morgan fingerprint density at radius 3 is 2.47 bits per heavy atom. The second kappa shape index (κ2) is 5.72. The van der Waals surface area contributed by atoms with Crippen molar-refractivity contribution in [1.29, 1.82) is 5.26 Å². The smallest absolute Gasteiger partial charge is 0.101 e. The molecule has 0 saturated heterocycles. The highest BCUT2D eigenvalue weighted by atomic mass is 15.1. The SMILES string of the molecule is CN(CCCC(C)(C)C)c1ccccc1C#N. The molecule has 0 bridgehead atoms. The topological polar surface area (TPSA) is 27.0 Å². The number of rotatable bonds is 4. The van der Waals surface area contributed by atoms with Crippen LogP contribution in [0.15, 0.2) is 24.3 Å². The summed E-state index contributed by atoms with van der Waals surface area (Å²) in [5.74, 6) is 0. The first kappa shape index (κ1) is 13.6. The number of para-hydroxylation sites is 1. The molecular weight excluding hydrogens is 208 g/mol. The van der Waals surface area contributed by atoms with E-state index in [1.54, 1.807) is 0 Å². The quantitative estimate of drug-likeness (QED) is 0.786. The average Bonchev–Trinajstić information content (AvgIpc) is 2.27. The first-order valence-corrected chi connectivity index (χ1v) is 6.14. The molecule has 0 spiro atoms. The van der Waals surface area contributed by atoms with Gasteiger partial charge >= 0.3 is 0 Å². The molecule has 0 aliphatic carbocycles. The lowest BCUT2D eigenvalue weighted by atomic mass is 9.90. The van der Waals surface area contributed by atoms with E-state index in [9.17, 15) is 0 Å². The minimum absolute atomic E-state index is 0.385. The summed E-state index contributed by atoms with van der Waals surface area (Å²) < 4.78 is 0. The van der Waals surface area contributed by atoms with Gasteiger partial charge in [-0.15, -0.1) is 0 Å². The molecule has 0 amide bonds. The Bertz CT molecular complexity index is 396. The van der Waals surface area contributed by atoms with Crippen LogP contribution in [0.5, 0.6) is 0 Å². The lowest BCUT2D eigenvalue weighted by Crippen LogP contribution is -2.21. The van der Waals surface area contributed by atoms with Crippen molar-refractivity contribution in [2.45, 2.75) is 33.6 Å². The van der Waals surface area contributed by atoms with Gasteiger partial charge in [0.05, 0.1) is 11.3 Å². The summed E-state index contributed by atoms with van der Waals surface area (Å²) in [5, 5.41) is 9.05. The third kappa shape index (κ3) is 4.48. The van der Waals surface area contributed by atoms with Crippen molar-refractivity contribution in [3.05, 3.63) is 29.8 Å². The van der Waals surface area contributed by atoms with Crippen molar-refractivity contribution >= 4 is 5.69 Å². The predicted octanol–water partition coefficient (Wildman–Crippen LogP) is 3.82. The fourth-order valence-electron chi connectivity index (χ4n) is 1.87. The average molecular weight is 230 g/mol. The van der Waals surface area contributed by atoms with Gasteiger partial charge in [0, 0.05) is 13.6 Å². The molecular formula is C15H22N2. The maximum atomic E-state index is 9.05. The van der Waals surface area contributed by atoms with Crippen LogP contribution in [0.2, 0.25) is 0 Å². The molecule has 0 aliphatic heterocycles. The normalized spacial score (nSPS) is 11.0. The Labute approximate surface area is 105 Å². The van der Waals surface area contributed by atoms with E-state index in [1.165, 1.54) is 6.42 Å². The van der Waals surface area contributed by atoms with Crippen molar-refractivity contribution in [2.24, 2.45) is 5.41 Å². The van der Waals surface area contributed by atoms with E-state index in [0.29, 0.717) is 5.41 Å². The number of hydrogen-bond acceptors (Lipinski definition) is 2. The molecule has 0 radical (unpaired) electrons. The Morgan fingerprint density at radius 1 is 1.24 bits per heavy atom. The molecule has 92 valence electrons. The summed E-state index contributed by atoms with van der Waals surface area (Å²) in [6, 6.07) is 10.0. The first-order valence-electron chi connectivity index (χ1n) is 6.14. The molecule has 0 N–H and O–H groups in total. The van der Waals surface area contributed by atoms with E-state index in [-0.39, 0.29) is 0 Å². The van der Waals surface area contributed by atoms with Crippen LogP contribution in [0, 0.1) is 16.7 Å². The Morgan fingerprint density at radius 2 is 1.88 bits per heavy atom. The molecule has 1 aromatic carbocycles. The lowest BCUT2D eigenvalue weighted by Gasteiger charge is -2.23. The molecule has 0 aliphatic rings. The minimum atomic E-state index is 0.385. The van der Waals surface area contributed by atoms with E-state index in [1.807, 2.05) is 24.3 Å². The Hall–Kier alpha value is -1.49. The van der Waals surface area contributed by atoms with Crippen LogP contribution < -0.4 is 4.90 Å². The largest absolute Gasteiger partial charge is 0.374 e. The fourth-order valence-corrected chi connectivity index (χ4v) is 1.87. The standard InChI is InChI=1S/C15H22N2/c1-15(2,3)10-7-11-17(4)14-9-6-5-8-13(14)12-16/h5-6,8-9H,7,10-11H2,1-4H3. The molecule has 0 unspecified atom stereocenters. The van der Waals surface area contributed by atoms with Gasteiger partial charge in [0.1, 0.15) is 6.07 Å². The van der Waals surface area contributed by atoms with Gasteiger partial charge in [0.15, 0.2) is 0 Å². The molecule has 2 nitrogen and oxygen atoms in total. The third-order valence-electron chi connectivity index (χ3n) is 2.86. The molecule has 0 fully saturated rings. The number of nitrogens with zero attached hydrogens (tertiary/aromatic N) is 2. The van der Waals surface area contributed by atoms with Crippen molar-refractivity contribution in [1.82, 2.24) is 0 Å². The van der Waals surface area contributed by atoms with Gasteiger partial charge < -0.3 is 4.90 Å². The zero-order chi connectivity index (χ0) is 12.9. The maximum Gasteiger partial charge on any atom is 0.101 e. The summed E-state index contributed by atoms with van der Waals surface area (Å²) in [6.45, 7) is 7.78. The molecule has 0 aromatic heterocycles. The zero-order valence-electron chi connectivity index (χ0n) is 11.3. The summed E-state index contributed by atoms with van der Waals surface area (Å²) in [6.07, 6.45) is 2.35. The van der Waals surface area contributed by atoms with Gasteiger partial charge in [-0.05, 0) is 30.4 Å². The molecule has 0 atom stereocenters. The molecule has 0 saturated carbocycles. The van der Waals surface area contributed by atoms with E-state index in [2.05, 4.69) is 38.8 Å². The fraction of sp³-hybridized carbons (Fsp3) is 0.533. The Balaban J connectivity index is 2.59. The monoisotopic (exact) mass is 230 g/mol. The van der Waals surface area contributed by atoms with Crippen LogP contribution in [-0.2, 0) is 0 Å². The second-order valence-electron chi connectivity index (χ2n) is 5.71. The first-order chi connectivity index (χ1) is 7.94. The Kier molecular flexibility index (Phi) is 4.57. The van der Waals surface area contributed by atoms with Crippen LogP contribution in [0.4, 0.5) is 5.69 Å². The van der Waals surface area contributed by atoms with Gasteiger partial charge in [-0.1, -0.05) is 32.9 Å². The number of hydrogen-bond donors (Lipinski definition) is 0. The highest BCUT2D eigenvalue weighted by Crippen LogP contribution is 2.23. The van der Waals surface area contributed by atoms with Crippen molar-refractivity contribution in [3.8, 4) is 6.07 Å². The molecule has 0 heterocycles. The van der Waals surface area contributed by atoms with Gasteiger partial charge in [-0.2, -0.15) is 5.26 Å². The summed E-state index contributed by atoms with van der Waals surface area (Å²) >= 11 is 0. The zero-order valence-corrected chi connectivity index (χ0v) is 11.3. The lowest BCUT2D eigenvalue weighted by molar-refractivity contribution is 0.367. The van der Waals surface area contributed by atoms with Gasteiger partial charge in [-0.3, -0.25) is 0 Å². The maximum absolute atomic E-state index is 9.05. The van der Waals surface area contributed by atoms with Crippen LogP contribution in [-0.4, -0.2) is 13.6 Å². The van der Waals surface area contributed by atoms with E-state index < -0.39 is 0 Å². The second-order valence-corrected chi connectivity index (χ2v) is 5.71. The van der Waals surface area contributed by atoms with Gasteiger partial charge in [-0.25, -0.2) is 0 Å². The number of nitriles is 1. The van der Waals surface area contributed by atoms with Crippen LogP contribution in [0.25, 0.3) is 0 Å². The summed E-state index contributed by atoms with van der Waals surface area (Å²) in [5.41, 5.74) is 2.17. The van der Waals surface area contributed by atoms with E-state index in [0.717, 1.165) is 24.2 Å². The molecule has 1 rings (SSSR count). The number of benzene rings is 1. The molecule has 2 heteroatoms. The van der Waals surface area contributed by atoms with Crippen molar-refractivity contribution in [3.63, 3.8) is 0 Å². The molecule has 1 aromatic rings. The van der Waals surface area contributed by atoms with Gasteiger partial charge in [0.25, 0.3) is 0 Å². The van der Waals surface area contributed by atoms with Crippen LogP contribution in [0.3, 0.4) is 0 Å². The van der Waals surface area contributed by atoms with Crippen molar-refractivity contribution < 1.29 is 0 Å². The summed E-state index contributed by atoms with van der Waals surface area (Å²) in [4.78, 5) is 2.17. The highest BCUT2D eigenvalue weighted by Gasteiger charge is 2.11. The predicted molar refractivity (Wildman–Crippen MR) is 73.1 cm³/mol. The van der Waals surface area contributed by atoms with Crippen molar-refractivity contribution in [2.75, 3.05) is 18.5 Å². The molecule has 17 heavy (non-hydrogen) atoms. The van der Waals surface area contributed by atoms with Gasteiger partial charge in [0.2, 0.25) is 0 Å². The highest BCUT2D eigenvalue weighted by molar-refractivity contribution is 5.58. The van der Waals surface area contributed by atoms with Crippen LogP contribution >= 0.6 is 0 Å². The van der Waals surface area contributed by atoms with E-state index >= 15 is 0 Å². The van der Waals surface area contributed by atoms with E-state index in [4.69, 9.17) is 5.26 Å². The minimum Gasteiger partial charge on any atom is -0.374 e. The summed E-state index contributed by atoms with van der Waals surface area (Å²) in [7, 11) is 2.05.